The van der Waals surface area contributed by atoms with Gasteiger partial charge in [-0.25, -0.2) is 8.42 Å². The Hall–Kier alpha value is -1.93. The van der Waals surface area contributed by atoms with Crippen molar-refractivity contribution < 1.29 is 18.0 Å². The molecule has 1 aromatic carbocycles. The summed E-state index contributed by atoms with van der Waals surface area (Å²) in [5.41, 5.74) is 0.230. The minimum absolute atomic E-state index is 0.0718. The number of rotatable bonds is 8. The van der Waals surface area contributed by atoms with E-state index in [4.69, 9.17) is 0 Å². The van der Waals surface area contributed by atoms with Crippen LogP contribution in [0.2, 0.25) is 0 Å². The van der Waals surface area contributed by atoms with Crippen molar-refractivity contribution in [3.05, 3.63) is 29.8 Å². The molecule has 0 aromatic heterocycles. The minimum Gasteiger partial charge on any atom is -0.340 e. The van der Waals surface area contributed by atoms with Crippen molar-refractivity contribution in [2.75, 3.05) is 19.6 Å². The summed E-state index contributed by atoms with van der Waals surface area (Å²) in [4.78, 5) is 28.0. The van der Waals surface area contributed by atoms with Crippen LogP contribution in [0.5, 0.6) is 0 Å². The van der Waals surface area contributed by atoms with Crippen LogP contribution in [-0.2, 0) is 14.8 Å². The molecule has 1 heterocycles. The highest BCUT2D eigenvalue weighted by atomic mass is 32.2. The van der Waals surface area contributed by atoms with Crippen LogP contribution in [0.25, 0.3) is 0 Å². The lowest BCUT2D eigenvalue weighted by molar-refractivity contribution is -0.137. The van der Waals surface area contributed by atoms with Crippen molar-refractivity contribution in [2.45, 2.75) is 70.9 Å². The number of carbonyl (C=O) groups excluding carboxylic acids is 2. The Kier molecular flexibility index (Phi) is 8.43. The molecule has 2 rings (SSSR count). The average Bonchev–Trinajstić information content (AvgIpc) is 2.72. The van der Waals surface area contributed by atoms with Gasteiger partial charge in [-0.2, -0.15) is 4.31 Å². The molecule has 30 heavy (non-hydrogen) atoms. The van der Waals surface area contributed by atoms with Crippen molar-refractivity contribution in [1.82, 2.24) is 14.5 Å². The molecule has 0 spiro atoms. The molecule has 2 amide bonds. The third kappa shape index (κ3) is 5.40. The second-order valence-electron chi connectivity index (χ2n) is 8.19. The Balaban J connectivity index is 2.24. The van der Waals surface area contributed by atoms with Crippen LogP contribution in [0.4, 0.5) is 0 Å². The van der Waals surface area contributed by atoms with Gasteiger partial charge in [0.15, 0.2) is 0 Å². The smallest absolute Gasteiger partial charge is 0.251 e. The van der Waals surface area contributed by atoms with Crippen LogP contribution in [0.15, 0.2) is 29.2 Å². The number of nitrogens with zero attached hydrogens (tertiary/aromatic N) is 2. The average molecular weight is 438 g/mol. The summed E-state index contributed by atoms with van der Waals surface area (Å²) in [6, 6.07) is 5.51. The lowest BCUT2D eigenvalue weighted by atomic mass is 9.98. The molecule has 168 valence electrons. The Bertz CT molecular complexity index is 850. The van der Waals surface area contributed by atoms with Crippen molar-refractivity contribution in [1.29, 1.82) is 0 Å². The van der Waals surface area contributed by atoms with E-state index in [2.05, 4.69) is 5.32 Å². The highest BCUT2D eigenvalue weighted by molar-refractivity contribution is 7.89. The summed E-state index contributed by atoms with van der Waals surface area (Å²) in [5.74, 6) is -0.598. The summed E-state index contributed by atoms with van der Waals surface area (Å²) in [5, 5.41) is 2.85. The van der Waals surface area contributed by atoms with E-state index in [0.29, 0.717) is 19.6 Å². The number of hydrogen-bond donors (Lipinski definition) is 1. The Morgan fingerprint density at radius 3 is 2.43 bits per heavy atom. The van der Waals surface area contributed by atoms with E-state index in [1.54, 1.807) is 26.0 Å². The quantitative estimate of drug-likeness (QED) is 0.677. The van der Waals surface area contributed by atoms with Crippen LogP contribution >= 0.6 is 0 Å². The minimum atomic E-state index is -3.66. The van der Waals surface area contributed by atoms with Crippen LogP contribution in [0, 0.1) is 5.92 Å². The van der Waals surface area contributed by atoms with Crippen molar-refractivity contribution in [3.63, 3.8) is 0 Å². The number of piperidine rings is 1. The summed E-state index contributed by atoms with van der Waals surface area (Å²) in [7, 11) is -3.66. The van der Waals surface area contributed by atoms with Crippen LogP contribution < -0.4 is 5.32 Å². The molecule has 0 aliphatic carbocycles. The standard InChI is InChI=1S/C22H35N3O4S/c1-6-24(7-2)30(28,29)19-13-10-12-18(15-19)21(26)23-20(16(3)4)22(27)25-14-9-8-11-17(25)5/h10,12-13,15-17,20H,6-9,11,14H2,1-5H3,(H,23,26)/t17?,20-/m0/s1. The van der Waals surface area contributed by atoms with E-state index in [0.717, 1.165) is 19.3 Å². The topological polar surface area (TPSA) is 86.8 Å². The van der Waals surface area contributed by atoms with Gasteiger partial charge in [-0.15, -0.1) is 0 Å². The second kappa shape index (κ2) is 10.4. The SMILES string of the molecule is CCN(CC)S(=O)(=O)c1cccc(C(=O)N[C@H](C(=O)N2CCCCC2C)C(C)C)c1. The first-order valence-corrected chi connectivity index (χ1v) is 12.3. The van der Waals surface area contributed by atoms with E-state index in [1.165, 1.54) is 16.4 Å². The number of amides is 2. The molecule has 0 saturated carbocycles. The molecule has 7 nitrogen and oxygen atoms in total. The molecule has 1 fully saturated rings. The van der Waals surface area contributed by atoms with E-state index >= 15 is 0 Å². The first kappa shape index (κ1) is 24.3. The molecule has 8 heteroatoms. The van der Waals surface area contributed by atoms with Gasteiger partial charge in [0.05, 0.1) is 4.90 Å². The monoisotopic (exact) mass is 437 g/mol. The molecule has 1 aromatic rings. The Morgan fingerprint density at radius 1 is 1.20 bits per heavy atom. The van der Waals surface area contributed by atoms with Gasteiger partial charge >= 0.3 is 0 Å². The highest BCUT2D eigenvalue weighted by Crippen LogP contribution is 2.20. The number of nitrogens with one attached hydrogen (secondary N) is 1. The van der Waals surface area contributed by atoms with Gasteiger partial charge in [0, 0.05) is 31.2 Å². The molecule has 1 unspecified atom stereocenters. The van der Waals surface area contributed by atoms with Gasteiger partial charge in [0.25, 0.3) is 5.91 Å². The molecule has 1 saturated heterocycles. The number of hydrogen-bond acceptors (Lipinski definition) is 4. The van der Waals surface area contributed by atoms with E-state index in [9.17, 15) is 18.0 Å². The zero-order valence-electron chi connectivity index (χ0n) is 18.7. The van der Waals surface area contributed by atoms with E-state index in [-0.39, 0.29) is 28.3 Å². The lowest BCUT2D eigenvalue weighted by Gasteiger charge is -2.37. The zero-order valence-corrected chi connectivity index (χ0v) is 19.5. The maximum Gasteiger partial charge on any atom is 0.251 e. The summed E-state index contributed by atoms with van der Waals surface area (Å²) >= 11 is 0. The van der Waals surface area contributed by atoms with Crippen LogP contribution in [0.3, 0.4) is 0 Å². The Labute approximate surface area is 180 Å². The largest absolute Gasteiger partial charge is 0.340 e. The number of sulfonamides is 1. The maximum absolute atomic E-state index is 13.1. The van der Waals surface area contributed by atoms with Gasteiger partial charge in [0.1, 0.15) is 6.04 Å². The van der Waals surface area contributed by atoms with Crippen molar-refractivity contribution in [3.8, 4) is 0 Å². The number of benzene rings is 1. The van der Waals surface area contributed by atoms with E-state index in [1.807, 2.05) is 25.7 Å². The fourth-order valence-corrected chi connectivity index (χ4v) is 5.36. The maximum atomic E-state index is 13.1. The van der Waals surface area contributed by atoms with Crippen LogP contribution in [-0.4, -0.2) is 61.2 Å². The first-order valence-electron chi connectivity index (χ1n) is 10.8. The predicted molar refractivity (Wildman–Crippen MR) is 118 cm³/mol. The van der Waals surface area contributed by atoms with Gasteiger partial charge in [-0.05, 0) is 50.3 Å². The third-order valence-electron chi connectivity index (χ3n) is 5.74. The van der Waals surface area contributed by atoms with Crippen molar-refractivity contribution in [2.24, 2.45) is 5.92 Å². The number of likely N-dealkylation sites (tertiary alicyclic amines) is 1. The molecule has 1 N–H and O–H groups in total. The van der Waals surface area contributed by atoms with E-state index < -0.39 is 22.0 Å². The molecule has 0 bridgehead atoms. The van der Waals surface area contributed by atoms with Gasteiger partial charge in [-0.3, -0.25) is 9.59 Å². The molecular formula is C22H35N3O4S. The zero-order chi connectivity index (χ0) is 22.5. The number of carbonyl (C=O) groups is 2. The van der Waals surface area contributed by atoms with Gasteiger partial charge < -0.3 is 10.2 Å². The molecule has 1 aliphatic rings. The third-order valence-corrected chi connectivity index (χ3v) is 7.79. The summed E-state index contributed by atoms with van der Waals surface area (Å²) < 4.78 is 26.9. The predicted octanol–water partition coefficient (Wildman–Crippen LogP) is 2.87. The van der Waals surface area contributed by atoms with Crippen LogP contribution in [0.1, 0.15) is 64.2 Å². The molecule has 2 atom stereocenters. The normalized spacial score (nSPS) is 18.5. The first-order chi connectivity index (χ1) is 14.1. The lowest BCUT2D eigenvalue weighted by Crippen LogP contribution is -2.54. The second-order valence-corrected chi connectivity index (χ2v) is 10.1. The van der Waals surface area contributed by atoms with Gasteiger partial charge in [0.2, 0.25) is 15.9 Å². The van der Waals surface area contributed by atoms with Gasteiger partial charge in [-0.1, -0.05) is 33.8 Å². The fraction of sp³-hybridized carbons (Fsp3) is 0.636. The fourth-order valence-electron chi connectivity index (χ4n) is 3.85. The molecule has 1 aliphatic heterocycles. The molecular weight excluding hydrogens is 402 g/mol. The Morgan fingerprint density at radius 2 is 1.87 bits per heavy atom. The summed E-state index contributed by atoms with van der Waals surface area (Å²) in [6.07, 6.45) is 3.05. The molecule has 0 radical (unpaired) electrons. The van der Waals surface area contributed by atoms with Crippen molar-refractivity contribution >= 4 is 21.8 Å². The summed E-state index contributed by atoms with van der Waals surface area (Å²) in [6.45, 7) is 10.8. The highest BCUT2D eigenvalue weighted by Gasteiger charge is 2.32.